The summed E-state index contributed by atoms with van der Waals surface area (Å²) in [6.45, 7) is 3.20. The number of aromatic nitrogens is 2. The molecular formula is C26H28N4O5. The Kier molecular flexibility index (Phi) is 7.53. The minimum atomic E-state index is -0.480. The second-order valence-corrected chi connectivity index (χ2v) is 8.22. The normalized spacial score (nSPS) is 15.3. The lowest BCUT2D eigenvalue weighted by atomic mass is 10.1. The maximum Gasteiger partial charge on any atom is 0.262 e. The van der Waals surface area contributed by atoms with Gasteiger partial charge in [0.15, 0.2) is 11.5 Å². The molecule has 1 aromatic carbocycles. The Bertz CT molecular complexity index is 1270. The van der Waals surface area contributed by atoms with E-state index in [1.807, 2.05) is 25.1 Å². The number of nitriles is 1. The van der Waals surface area contributed by atoms with Crippen molar-refractivity contribution in [2.24, 2.45) is 0 Å². The zero-order valence-electron chi connectivity index (χ0n) is 20.0. The van der Waals surface area contributed by atoms with Crippen LogP contribution in [-0.4, -0.2) is 49.4 Å². The third kappa shape index (κ3) is 5.55. The van der Waals surface area contributed by atoms with E-state index in [1.54, 1.807) is 44.8 Å². The van der Waals surface area contributed by atoms with Gasteiger partial charge in [-0.25, -0.2) is 4.98 Å². The Balaban J connectivity index is 1.52. The van der Waals surface area contributed by atoms with E-state index < -0.39 is 5.91 Å². The first kappa shape index (κ1) is 24.1. The Morgan fingerprint density at radius 3 is 2.74 bits per heavy atom. The van der Waals surface area contributed by atoms with Crippen molar-refractivity contribution in [3.05, 3.63) is 53.4 Å². The molecule has 182 valence electrons. The van der Waals surface area contributed by atoms with Crippen molar-refractivity contribution in [2.45, 2.75) is 31.9 Å². The first-order valence-corrected chi connectivity index (χ1v) is 11.4. The number of H-pyrrole nitrogens is 1. The second-order valence-electron chi connectivity index (χ2n) is 8.22. The van der Waals surface area contributed by atoms with Gasteiger partial charge < -0.3 is 29.2 Å². The van der Waals surface area contributed by atoms with E-state index in [9.17, 15) is 10.1 Å². The van der Waals surface area contributed by atoms with Gasteiger partial charge in [0, 0.05) is 30.0 Å². The van der Waals surface area contributed by atoms with Crippen LogP contribution in [-0.2, 0) is 9.53 Å². The average Bonchev–Trinajstić information content (AvgIpc) is 3.29. The van der Waals surface area contributed by atoms with Crippen LogP contribution >= 0.6 is 0 Å². The number of methoxy groups -OCH3 is 2. The van der Waals surface area contributed by atoms with Gasteiger partial charge in [-0.15, -0.1) is 0 Å². The van der Waals surface area contributed by atoms with Gasteiger partial charge in [-0.2, -0.15) is 5.26 Å². The zero-order valence-corrected chi connectivity index (χ0v) is 20.0. The fraction of sp³-hybridized carbons (Fsp3) is 0.346. The van der Waals surface area contributed by atoms with Crippen molar-refractivity contribution in [3.8, 4) is 23.3 Å². The molecule has 0 unspecified atom stereocenters. The summed E-state index contributed by atoms with van der Waals surface area (Å²) in [5.41, 5.74) is 2.12. The maximum absolute atomic E-state index is 12.9. The van der Waals surface area contributed by atoms with Crippen molar-refractivity contribution in [3.63, 3.8) is 0 Å². The number of aromatic amines is 1. The van der Waals surface area contributed by atoms with Crippen molar-refractivity contribution < 1.29 is 23.7 Å². The highest BCUT2D eigenvalue weighted by Crippen LogP contribution is 2.30. The molecule has 9 heteroatoms. The van der Waals surface area contributed by atoms with Gasteiger partial charge in [0.1, 0.15) is 29.1 Å². The molecule has 35 heavy (non-hydrogen) atoms. The van der Waals surface area contributed by atoms with Crippen LogP contribution < -0.4 is 19.5 Å². The number of fused-ring (bicyclic) bond motifs is 1. The number of amides is 1. The lowest BCUT2D eigenvalue weighted by Gasteiger charge is -2.23. The second kappa shape index (κ2) is 10.9. The van der Waals surface area contributed by atoms with Crippen molar-refractivity contribution >= 4 is 23.0 Å². The third-order valence-electron chi connectivity index (χ3n) is 5.93. The monoisotopic (exact) mass is 476 g/mol. The molecule has 1 atom stereocenters. The van der Waals surface area contributed by atoms with E-state index >= 15 is 0 Å². The number of rotatable bonds is 8. The summed E-state index contributed by atoms with van der Waals surface area (Å²) in [4.78, 5) is 20.4. The number of carbonyl (C=O) groups excluding carboxylic acids is 1. The molecule has 0 bridgehead atoms. The summed E-state index contributed by atoms with van der Waals surface area (Å²) in [5, 5.41) is 13.3. The van der Waals surface area contributed by atoms with Crippen molar-refractivity contribution in [1.82, 2.24) is 15.3 Å². The predicted octanol–water partition coefficient (Wildman–Crippen LogP) is 3.92. The summed E-state index contributed by atoms with van der Waals surface area (Å²) in [6.07, 6.45) is 6.68. The van der Waals surface area contributed by atoms with Gasteiger partial charge in [0.2, 0.25) is 0 Å². The molecule has 0 radical (unpaired) electrons. The van der Waals surface area contributed by atoms with Gasteiger partial charge in [0.05, 0.1) is 39.7 Å². The van der Waals surface area contributed by atoms with E-state index in [4.69, 9.17) is 18.9 Å². The van der Waals surface area contributed by atoms with Gasteiger partial charge in [-0.05, 0) is 36.8 Å². The van der Waals surface area contributed by atoms with Crippen LogP contribution in [0.1, 0.15) is 36.9 Å². The summed E-state index contributed by atoms with van der Waals surface area (Å²) < 4.78 is 22.1. The van der Waals surface area contributed by atoms with E-state index in [1.165, 1.54) is 0 Å². The smallest absolute Gasteiger partial charge is 0.262 e. The molecule has 0 spiro atoms. The molecule has 9 nitrogen and oxygen atoms in total. The van der Waals surface area contributed by atoms with Crippen LogP contribution in [0.3, 0.4) is 0 Å². The Hall–Kier alpha value is -4.03. The number of ether oxygens (including phenoxy) is 4. The Morgan fingerprint density at radius 2 is 2.03 bits per heavy atom. The summed E-state index contributed by atoms with van der Waals surface area (Å²) in [5.74, 6) is 1.32. The lowest BCUT2D eigenvalue weighted by molar-refractivity contribution is -0.117. The number of nitrogens with one attached hydrogen (secondary N) is 2. The first-order chi connectivity index (χ1) is 17.0. The standard InChI is InChI=1S/C26H28N4O5/c1-16(17-4-5-23(32-2)24(11-17)33-3)30-26(31)18(13-27)10-19-14-28-25-22(19)12-21(15-29-25)35-20-6-8-34-9-7-20/h4-5,10-12,14-16,20H,6-9H2,1-3H3,(H,28,29)(H,30,31)/b18-10+/t16-/m1/s1. The highest BCUT2D eigenvalue weighted by atomic mass is 16.5. The van der Waals surface area contributed by atoms with E-state index in [0.717, 1.165) is 23.8 Å². The van der Waals surface area contributed by atoms with Gasteiger partial charge in [-0.1, -0.05) is 6.07 Å². The lowest BCUT2D eigenvalue weighted by Crippen LogP contribution is -2.27. The van der Waals surface area contributed by atoms with Crippen LogP contribution in [0.15, 0.2) is 42.2 Å². The number of carbonyl (C=O) groups is 1. The number of hydrogen-bond donors (Lipinski definition) is 2. The van der Waals surface area contributed by atoms with Gasteiger partial charge >= 0.3 is 0 Å². The maximum atomic E-state index is 12.9. The summed E-state index contributed by atoms with van der Waals surface area (Å²) >= 11 is 0. The van der Waals surface area contributed by atoms with Crippen LogP contribution in [0.4, 0.5) is 0 Å². The van der Waals surface area contributed by atoms with Crippen LogP contribution in [0, 0.1) is 11.3 Å². The Labute approximate surface area is 203 Å². The minimum absolute atomic E-state index is 0.0195. The zero-order chi connectivity index (χ0) is 24.8. The topological polar surface area (TPSA) is 118 Å². The molecule has 1 saturated heterocycles. The largest absolute Gasteiger partial charge is 0.493 e. The fourth-order valence-corrected chi connectivity index (χ4v) is 3.96. The number of pyridine rings is 1. The third-order valence-corrected chi connectivity index (χ3v) is 5.93. The highest BCUT2D eigenvalue weighted by molar-refractivity contribution is 6.03. The van der Waals surface area contributed by atoms with Crippen molar-refractivity contribution in [2.75, 3.05) is 27.4 Å². The molecule has 1 fully saturated rings. The number of nitrogens with zero attached hydrogens (tertiary/aromatic N) is 2. The van der Waals surface area contributed by atoms with Gasteiger partial charge in [0.25, 0.3) is 5.91 Å². The summed E-state index contributed by atoms with van der Waals surface area (Å²) in [7, 11) is 3.12. The number of benzene rings is 1. The van der Waals surface area contributed by atoms with Crippen LogP contribution in [0.25, 0.3) is 17.1 Å². The van der Waals surface area contributed by atoms with E-state index in [0.29, 0.717) is 41.7 Å². The highest BCUT2D eigenvalue weighted by Gasteiger charge is 2.18. The minimum Gasteiger partial charge on any atom is -0.493 e. The molecule has 1 aliphatic rings. The van der Waals surface area contributed by atoms with E-state index in [2.05, 4.69) is 15.3 Å². The molecular weight excluding hydrogens is 448 g/mol. The SMILES string of the molecule is COc1ccc([C@@H](C)NC(=O)/C(C#N)=C/c2c[nH]c3ncc(OC4CCOCC4)cc23)cc1OC. The quantitative estimate of drug-likeness (QED) is 0.374. The molecule has 3 aromatic rings. The van der Waals surface area contributed by atoms with Crippen LogP contribution in [0.2, 0.25) is 0 Å². The molecule has 0 saturated carbocycles. The molecule has 2 N–H and O–H groups in total. The molecule has 4 rings (SSSR count). The number of hydrogen-bond acceptors (Lipinski definition) is 7. The van der Waals surface area contributed by atoms with E-state index in [-0.39, 0.29) is 17.7 Å². The molecule has 1 amide bonds. The average molecular weight is 477 g/mol. The first-order valence-electron chi connectivity index (χ1n) is 11.4. The Morgan fingerprint density at radius 1 is 1.26 bits per heavy atom. The fourth-order valence-electron chi connectivity index (χ4n) is 3.96. The molecule has 1 aliphatic heterocycles. The molecule has 3 heterocycles. The van der Waals surface area contributed by atoms with Crippen LogP contribution in [0.5, 0.6) is 17.2 Å². The van der Waals surface area contributed by atoms with Gasteiger partial charge in [-0.3, -0.25) is 4.79 Å². The van der Waals surface area contributed by atoms with Crippen molar-refractivity contribution in [1.29, 1.82) is 5.26 Å². The summed E-state index contributed by atoms with van der Waals surface area (Å²) in [6, 6.07) is 8.94. The predicted molar refractivity (Wildman–Crippen MR) is 130 cm³/mol. The molecule has 0 aliphatic carbocycles. The molecule has 2 aromatic heterocycles.